The van der Waals surface area contributed by atoms with Crippen LogP contribution in [0.4, 0.5) is 14.9 Å². The number of aromatic nitrogens is 5. The number of tetrazole rings is 1. The number of rotatable bonds is 8. The van der Waals surface area contributed by atoms with E-state index in [2.05, 4.69) is 31.5 Å². The summed E-state index contributed by atoms with van der Waals surface area (Å²) in [5, 5.41) is 11.7. The fourth-order valence-electron chi connectivity index (χ4n) is 3.69. The van der Waals surface area contributed by atoms with Crippen LogP contribution in [0.3, 0.4) is 0 Å². The van der Waals surface area contributed by atoms with E-state index in [9.17, 15) is 19.0 Å². The second kappa shape index (κ2) is 10.1. The molecule has 4 rings (SSSR count). The lowest BCUT2D eigenvalue weighted by Gasteiger charge is -2.29. The van der Waals surface area contributed by atoms with Crippen LogP contribution in [0.5, 0.6) is 0 Å². The van der Waals surface area contributed by atoms with Gasteiger partial charge in [0.25, 0.3) is 0 Å². The maximum absolute atomic E-state index is 15.1. The average molecular weight is 531 g/mol. The molecule has 3 aromatic rings. The first kappa shape index (κ1) is 25.9. The fourth-order valence-corrected chi connectivity index (χ4v) is 4.94. The third-order valence-corrected chi connectivity index (χ3v) is 6.93. The number of allylic oxidation sites excluding steroid dienone is 1. The highest BCUT2D eigenvalue weighted by Gasteiger charge is 2.39. The predicted octanol–water partition coefficient (Wildman–Crippen LogP) is 2.90. The van der Waals surface area contributed by atoms with Crippen LogP contribution in [-0.2, 0) is 25.7 Å². The summed E-state index contributed by atoms with van der Waals surface area (Å²) >= 11 is 0. The smallest absolute Gasteiger partial charge is 0.442 e. The van der Waals surface area contributed by atoms with E-state index < -0.39 is 31.7 Å². The molecule has 3 heterocycles. The number of aryl methyl sites for hydroxylation is 1. The minimum absolute atomic E-state index is 0.0389. The lowest BCUT2D eigenvalue weighted by Crippen LogP contribution is -2.32. The van der Waals surface area contributed by atoms with Gasteiger partial charge in [0.1, 0.15) is 17.6 Å². The van der Waals surface area contributed by atoms with E-state index >= 15 is 4.39 Å². The average Bonchev–Trinajstić information content (AvgIpc) is 3.41. The van der Waals surface area contributed by atoms with Gasteiger partial charge in [0.2, 0.25) is 5.82 Å². The van der Waals surface area contributed by atoms with Gasteiger partial charge in [-0.2, -0.15) is 4.80 Å². The number of ether oxygens (including phenoxy) is 1. The van der Waals surface area contributed by atoms with Crippen molar-refractivity contribution in [3.63, 3.8) is 0 Å². The summed E-state index contributed by atoms with van der Waals surface area (Å²) in [4.78, 5) is 40.6. The van der Waals surface area contributed by atoms with Crippen LogP contribution in [0.15, 0.2) is 48.8 Å². The number of halogens is 1. The number of hydrogen-bond acceptors (Lipinski definition) is 9. The molecule has 1 amide bonds. The lowest BCUT2D eigenvalue weighted by atomic mass is 10.1. The Hall–Kier alpha value is -4.16. The summed E-state index contributed by atoms with van der Waals surface area (Å²) in [6, 6.07) is 7.55. The van der Waals surface area contributed by atoms with Gasteiger partial charge >= 0.3 is 19.8 Å². The van der Waals surface area contributed by atoms with Crippen molar-refractivity contribution < 1.29 is 32.7 Å². The Labute approximate surface area is 210 Å². The largest absolute Gasteiger partial charge is 0.488 e. The molecule has 1 unspecified atom stereocenters. The van der Waals surface area contributed by atoms with E-state index in [0.29, 0.717) is 17.1 Å². The van der Waals surface area contributed by atoms with Crippen molar-refractivity contribution in [3.05, 3.63) is 54.6 Å². The summed E-state index contributed by atoms with van der Waals surface area (Å²) < 4.78 is 38.2. The molecule has 1 aliphatic heterocycles. The van der Waals surface area contributed by atoms with E-state index in [1.807, 2.05) is 0 Å². The summed E-state index contributed by atoms with van der Waals surface area (Å²) in [5.41, 5.74) is 1.60. The van der Waals surface area contributed by atoms with Gasteiger partial charge < -0.3 is 9.26 Å². The van der Waals surface area contributed by atoms with Crippen molar-refractivity contribution in [2.75, 3.05) is 18.0 Å². The SMILES string of the molecule is C=C(C)N(C[C@H]1CN(c2ccc(-c3ccc(-c4nnn(C)n4)nc3)c(F)c2)C(=O)O1)P(=O)(O)OC(C)=O. The van der Waals surface area contributed by atoms with Crippen molar-refractivity contribution in [2.45, 2.75) is 20.0 Å². The Morgan fingerprint density at radius 1 is 1.35 bits per heavy atom. The van der Waals surface area contributed by atoms with Crippen molar-refractivity contribution >= 4 is 25.5 Å². The van der Waals surface area contributed by atoms with Crippen LogP contribution in [0, 0.1) is 5.82 Å². The van der Waals surface area contributed by atoms with Crippen LogP contribution >= 0.6 is 7.75 Å². The van der Waals surface area contributed by atoms with Gasteiger partial charge in [-0.05, 0) is 36.4 Å². The quantitative estimate of drug-likeness (QED) is 0.427. The first-order valence-corrected chi connectivity index (χ1v) is 12.4. The highest BCUT2D eigenvalue weighted by Crippen LogP contribution is 2.49. The number of cyclic esters (lactones) is 1. The van der Waals surface area contributed by atoms with Crippen molar-refractivity contribution in [1.29, 1.82) is 0 Å². The molecule has 2 aromatic heterocycles. The molecule has 0 bridgehead atoms. The predicted molar refractivity (Wildman–Crippen MR) is 128 cm³/mol. The number of nitrogens with zero attached hydrogens (tertiary/aromatic N) is 7. The summed E-state index contributed by atoms with van der Waals surface area (Å²) in [7, 11) is -2.92. The molecule has 1 aliphatic rings. The second-order valence-corrected chi connectivity index (χ2v) is 9.85. The minimum atomic E-state index is -4.55. The van der Waals surface area contributed by atoms with Gasteiger partial charge in [-0.15, -0.1) is 10.2 Å². The Morgan fingerprint density at radius 3 is 2.68 bits per heavy atom. The van der Waals surface area contributed by atoms with E-state index in [-0.39, 0.29) is 30.0 Å². The molecule has 1 aromatic carbocycles. The molecule has 15 heteroatoms. The molecule has 0 spiro atoms. The molecule has 0 saturated carbocycles. The Balaban J connectivity index is 1.49. The number of pyridine rings is 1. The molecule has 13 nitrogen and oxygen atoms in total. The number of anilines is 1. The fraction of sp³-hybridized carbons (Fsp3) is 0.273. The van der Waals surface area contributed by atoms with Gasteiger partial charge in [-0.1, -0.05) is 12.6 Å². The summed E-state index contributed by atoms with van der Waals surface area (Å²) in [6.45, 7) is 5.76. The zero-order chi connectivity index (χ0) is 26.9. The molecule has 37 heavy (non-hydrogen) atoms. The van der Waals surface area contributed by atoms with Gasteiger partial charge in [0, 0.05) is 29.9 Å². The minimum Gasteiger partial charge on any atom is -0.442 e. The molecule has 1 fully saturated rings. The summed E-state index contributed by atoms with van der Waals surface area (Å²) in [6.07, 6.45) is -0.164. The molecular formula is C22H23FN7O6P. The van der Waals surface area contributed by atoms with Gasteiger partial charge in [-0.3, -0.25) is 24.2 Å². The van der Waals surface area contributed by atoms with Crippen LogP contribution in [0.25, 0.3) is 22.6 Å². The number of benzene rings is 1. The van der Waals surface area contributed by atoms with E-state index in [4.69, 9.17) is 4.74 Å². The standard InChI is InChI=1S/C22H23FN7O6P/c1-13(2)30(37(33,34)36-14(3)31)12-17-11-29(22(32)35-17)16-6-7-18(19(23)9-16)15-5-8-20(24-10-15)21-25-27-28(4)26-21/h5-10,17H,1,11-12H2,2-4H3,(H,33,34)/t17-/m1/s1. The van der Waals surface area contributed by atoms with Crippen LogP contribution in [-0.4, -0.2) is 66.0 Å². The Kier molecular flexibility index (Phi) is 7.05. The van der Waals surface area contributed by atoms with Crippen molar-refractivity contribution in [2.24, 2.45) is 7.05 Å². The molecular weight excluding hydrogens is 508 g/mol. The zero-order valence-electron chi connectivity index (χ0n) is 20.1. The van der Waals surface area contributed by atoms with Crippen LogP contribution in [0.1, 0.15) is 13.8 Å². The van der Waals surface area contributed by atoms with Gasteiger partial charge in [0.15, 0.2) is 0 Å². The first-order valence-electron chi connectivity index (χ1n) is 10.9. The highest BCUT2D eigenvalue weighted by molar-refractivity contribution is 7.50. The number of hydrogen-bond donors (Lipinski definition) is 1. The van der Waals surface area contributed by atoms with Crippen LogP contribution < -0.4 is 4.90 Å². The third kappa shape index (κ3) is 5.65. The zero-order valence-corrected chi connectivity index (χ0v) is 21.0. The monoisotopic (exact) mass is 531 g/mol. The Morgan fingerprint density at radius 2 is 2.11 bits per heavy atom. The molecule has 194 valence electrons. The number of amides is 1. The normalized spacial score (nSPS) is 16.7. The highest BCUT2D eigenvalue weighted by atomic mass is 31.2. The molecule has 1 saturated heterocycles. The van der Waals surface area contributed by atoms with E-state index in [1.165, 1.54) is 34.9 Å². The maximum atomic E-state index is 15.1. The number of carbonyl (C=O) groups is 2. The number of carbonyl (C=O) groups excluding carboxylic acids is 2. The van der Waals surface area contributed by atoms with Crippen molar-refractivity contribution in [1.82, 2.24) is 29.9 Å². The van der Waals surface area contributed by atoms with Gasteiger partial charge in [0.05, 0.1) is 25.8 Å². The topological polar surface area (TPSA) is 153 Å². The third-order valence-electron chi connectivity index (χ3n) is 5.32. The Bertz CT molecular complexity index is 1410. The summed E-state index contributed by atoms with van der Waals surface area (Å²) in [5.74, 6) is -1.21. The van der Waals surface area contributed by atoms with E-state index in [1.54, 1.807) is 25.2 Å². The lowest BCUT2D eigenvalue weighted by molar-refractivity contribution is -0.132. The molecule has 2 atom stereocenters. The molecule has 0 radical (unpaired) electrons. The van der Waals surface area contributed by atoms with Crippen molar-refractivity contribution in [3.8, 4) is 22.6 Å². The molecule has 0 aliphatic carbocycles. The maximum Gasteiger partial charge on any atom is 0.488 e. The first-order chi connectivity index (χ1) is 17.4. The second-order valence-electron chi connectivity index (χ2n) is 8.21. The van der Waals surface area contributed by atoms with E-state index in [0.717, 1.165) is 11.6 Å². The van der Waals surface area contributed by atoms with Gasteiger partial charge in [-0.25, -0.2) is 13.8 Å². The molecule has 1 N–H and O–H groups in total. The van der Waals surface area contributed by atoms with Crippen LogP contribution in [0.2, 0.25) is 0 Å².